The fourth-order valence-corrected chi connectivity index (χ4v) is 5.29. The molecule has 1 amide bonds. The van der Waals surface area contributed by atoms with Crippen molar-refractivity contribution in [2.24, 2.45) is 5.92 Å². The number of aryl methyl sites for hydroxylation is 2. The van der Waals surface area contributed by atoms with Crippen molar-refractivity contribution in [2.45, 2.75) is 44.4 Å². The van der Waals surface area contributed by atoms with E-state index in [4.69, 9.17) is 0 Å². The van der Waals surface area contributed by atoms with Gasteiger partial charge in [-0.15, -0.1) is 11.3 Å². The maximum Gasteiger partial charge on any atom is 0.227 e. The Labute approximate surface area is 152 Å². The summed E-state index contributed by atoms with van der Waals surface area (Å²) >= 11 is 1.51. The van der Waals surface area contributed by atoms with E-state index in [1.54, 1.807) is 24.3 Å². The summed E-state index contributed by atoms with van der Waals surface area (Å²) < 4.78 is 24.6. The highest BCUT2D eigenvalue weighted by atomic mass is 32.2. The minimum atomic E-state index is -3.45. The van der Waals surface area contributed by atoms with Crippen LogP contribution in [0.1, 0.15) is 35.9 Å². The number of aromatic nitrogens is 1. The molecule has 1 aromatic heterocycles. The molecule has 25 heavy (non-hydrogen) atoms. The first-order valence-corrected chi connectivity index (χ1v) is 10.9. The third-order valence-electron chi connectivity index (χ3n) is 4.41. The van der Waals surface area contributed by atoms with Crippen LogP contribution in [0.15, 0.2) is 29.2 Å². The molecule has 0 fully saturated rings. The van der Waals surface area contributed by atoms with Gasteiger partial charge < -0.3 is 5.32 Å². The van der Waals surface area contributed by atoms with Gasteiger partial charge in [-0.1, -0.05) is 24.6 Å². The van der Waals surface area contributed by atoms with Crippen LogP contribution in [0.2, 0.25) is 0 Å². The average molecular weight is 379 g/mol. The summed E-state index contributed by atoms with van der Waals surface area (Å²) in [5.74, 6) is 0.135. The fourth-order valence-electron chi connectivity index (χ4n) is 2.87. The Balaban J connectivity index is 1.59. The van der Waals surface area contributed by atoms with Crippen molar-refractivity contribution < 1.29 is 13.2 Å². The summed E-state index contributed by atoms with van der Waals surface area (Å²) in [6.07, 6.45) is 3.01. The Morgan fingerprint density at radius 3 is 2.76 bits per heavy atom. The zero-order chi connectivity index (χ0) is 18.0. The minimum absolute atomic E-state index is 0.0726. The number of hydrogen-bond donors (Lipinski definition) is 1. The largest absolute Gasteiger partial charge is 0.302 e. The summed E-state index contributed by atoms with van der Waals surface area (Å²) in [5.41, 5.74) is 2.07. The first-order chi connectivity index (χ1) is 11.8. The number of rotatable bonds is 5. The van der Waals surface area contributed by atoms with E-state index in [1.165, 1.54) is 16.2 Å². The molecule has 0 aliphatic heterocycles. The molecule has 1 N–H and O–H groups in total. The molecule has 5 nitrogen and oxygen atoms in total. The summed E-state index contributed by atoms with van der Waals surface area (Å²) in [6.45, 7) is 4.12. The molecule has 1 aromatic carbocycles. The first kappa shape index (κ1) is 18.1. The van der Waals surface area contributed by atoms with Gasteiger partial charge in [-0.05, 0) is 44.2 Å². The van der Waals surface area contributed by atoms with Crippen molar-refractivity contribution in [2.75, 3.05) is 11.1 Å². The highest BCUT2D eigenvalue weighted by molar-refractivity contribution is 7.91. The topological polar surface area (TPSA) is 76.1 Å². The van der Waals surface area contributed by atoms with E-state index >= 15 is 0 Å². The number of carbonyl (C=O) groups excluding carboxylic acids is 1. The molecule has 0 saturated heterocycles. The summed E-state index contributed by atoms with van der Waals surface area (Å²) in [7, 11) is -3.45. The highest BCUT2D eigenvalue weighted by Gasteiger charge is 2.21. The van der Waals surface area contributed by atoms with Crippen LogP contribution in [-0.2, 0) is 27.5 Å². The monoisotopic (exact) mass is 378 g/mol. The molecular formula is C18H22N2O3S2. The molecule has 1 aliphatic carbocycles. The SMILES string of the molecule is Cc1ccc(S(=O)(=O)CCC(=O)Nc2nc3c(s2)C[C@H](C)CC3)cc1. The molecular weight excluding hydrogens is 356 g/mol. The number of hydrogen-bond acceptors (Lipinski definition) is 5. The van der Waals surface area contributed by atoms with Gasteiger partial charge in [-0.25, -0.2) is 13.4 Å². The predicted molar refractivity (Wildman–Crippen MR) is 99.8 cm³/mol. The van der Waals surface area contributed by atoms with Crippen LogP contribution >= 0.6 is 11.3 Å². The zero-order valence-electron chi connectivity index (χ0n) is 14.4. The van der Waals surface area contributed by atoms with E-state index in [9.17, 15) is 13.2 Å². The summed E-state index contributed by atoms with van der Waals surface area (Å²) in [5, 5.41) is 3.33. The van der Waals surface area contributed by atoms with Crippen LogP contribution in [0, 0.1) is 12.8 Å². The molecule has 7 heteroatoms. The van der Waals surface area contributed by atoms with E-state index in [0.29, 0.717) is 11.0 Å². The zero-order valence-corrected chi connectivity index (χ0v) is 16.0. The van der Waals surface area contributed by atoms with E-state index in [0.717, 1.165) is 30.5 Å². The lowest BCUT2D eigenvalue weighted by Gasteiger charge is -2.15. The molecule has 1 aliphatic rings. The maximum absolute atomic E-state index is 12.3. The summed E-state index contributed by atoms with van der Waals surface area (Å²) in [6, 6.07) is 6.68. The van der Waals surface area contributed by atoms with Gasteiger partial charge in [-0.2, -0.15) is 0 Å². The second-order valence-electron chi connectivity index (χ2n) is 6.67. The molecule has 1 atom stereocenters. The number of thiazole rings is 1. The molecule has 0 unspecified atom stereocenters. The van der Waals surface area contributed by atoms with Gasteiger partial charge in [0.2, 0.25) is 5.91 Å². The second-order valence-corrected chi connectivity index (χ2v) is 9.86. The fraction of sp³-hybridized carbons (Fsp3) is 0.444. The van der Waals surface area contributed by atoms with Crippen LogP contribution in [0.5, 0.6) is 0 Å². The van der Waals surface area contributed by atoms with Crippen LogP contribution in [0.3, 0.4) is 0 Å². The van der Waals surface area contributed by atoms with E-state index in [-0.39, 0.29) is 23.0 Å². The number of fused-ring (bicyclic) bond motifs is 1. The van der Waals surface area contributed by atoms with Crippen LogP contribution < -0.4 is 5.32 Å². The quantitative estimate of drug-likeness (QED) is 0.865. The van der Waals surface area contributed by atoms with Crippen LogP contribution in [0.4, 0.5) is 5.13 Å². The van der Waals surface area contributed by atoms with Crippen molar-refractivity contribution in [3.8, 4) is 0 Å². The molecule has 1 heterocycles. The van der Waals surface area contributed by atoms with Gasteiger partial charge in [0.15, 0.2) is 15.0 Å². The van der Waals surface area contributed by atoms with Crippen molar-refractivity contribution in [1.82, 2.24) is 4.98 Å². The van der Waals surface area contributed by atoms with Gasteiger partial charge >= 0.3 is 0 Å². The maximum atomic E-state index is 12.3. The Hall–Kier alpha value is -1.73. The van der Waals surface area contributed by atoms with E-state index < -0.39 is 9.84 Å². The average Bonchev–Trinajstić information content (AvgIpc) is 2.94. The van der Waals surface area contributed by atoms with Crippen LogP contribution in [-0.4, -0.2) is 25.1 Å². The molecule has 0 spiro atoms. The predicted octanol–water partition coefficient (Wildman–Crippen LogP) is 3.38. The summed E-state index contributed by atoms with van der Waals surface area (Å²) in [4.78, 5) is 18.1. The lowest BCUT2D eigenvalue weighted by atomic mass is 9.93. The Bertz CT molecular complexity index is 870. The van der Waals surface area contributed by atoms with Crippen LogP contribution in [0.25, 0.3) is 0 Å². The molecule has 0 bridgehead atoms. The number of amides is 1. The third-order valence-corrected chi connectivity index (χ3v) is 7.18. The van der Waals surface area contributed by atoms with Gasteiger partial charge in [0, 0.05) is 11.3 Å². The lowest BCUT2D eigenvalue weighted by Crippen LogP contribution is -2.17. The number of nitrogens with zero attached hydrogens (tertiary/aromatic N) is 1. The first-order valence-electron chi connectivity index (χ1n) is 8.41. The molecule has 0 saturated carbocycles. The van der Waals surface area contributed by atoms with Gasteiger partial charge in [-0.3, -0.25) is 4.79 Å². The Morgan fingerprint density at radius 1 is 1.32 bits per heavy atom. The van der Waals surface area contributed by atoms with Gasteiger partial charge in [0.1, 0.15) is 0 Å². The number of benzene rings is 1. The number of nitrogens with one attached hydrogen (secondary N) is 1. The Morgan fingerprint density at radius 2 is 2.04 bits per heavy atom. The molecule has 2 aromatic rings. The smallest absolute Gasteiger partial charge is 0.227 e. The number of sulfone groups is 1. The standard InChI is InChI=1S/C18H22N2O3S2/c1-12-3-6-14(7-4-12)25(22,23)10-9-17(21)20-18-19-15-8-5-13(2)11-16(15)24-18/h3-4,6-7,13H,5,8-11H2,1-2H3,(H,19,20,21)/t13-/m1/s1. The number of carbonyl (C=O) groups is 1. The number of anilines is 1. The Kier molecular flexibility index (Phi) is 5.24. The van der Waals surface area contributed by atoms with Crippen molar-refractivity contribution in [3.05, 3.63) is 40.4 Å². The third kappa shape index (κ3) is 4.46. The van der Waals surface area contributed by atoms with Gasteiger partial charge in [0.25, 0.3) is 0 Å². The minimum Gasteiger partial charge on any atom is -0.302 e. The van der Waals surface area contributed by atoms with Crippen molar-refractivity contribution >= 4 is 32.2 Å². The molecule has 3 rings (SSSR count). The highest BCUT2D eigenvalue weighted by Crippen LogP contribution is 2.32. The van der Waals surface area contributed by atoms with E-state index in [2.05, 4.69) is 17.2 Å². The van der Waals surface area contributed by atoms with Crippen molar-refractivity contribution in [1.29, 1.82) is 0 Å². The van der Waals surface area contributed by atoms with Crippen molar-refractivity contribution in [3.63, 3.8) is 0 Å². The van der Waals surface area contributed by atoms with E-state index in [1.807, 2.05) is 6.92 Å². The molecule has 134 valence electrons. The normalized spacial score (nSPS) is 17.1. The molecule has 0 radical (unpaired) electrons. The lowest BCUT2D eigenvalue weighted by molar-refractivity contribution is -0.115. The van der Waals surface area contributed by atoms with Gasteiger partial charge in [0.05, 0.1) is 16.3 Å². The second kappa shape index (κ2) is 7.25.